The summed E-state index contributed by atoms with van der Waals surface area (Å²) in [4.78, 5) is 14.5. The van der Waals surface area contributed by atoms with Crippen LogP contribution in [0.5, 0.6) is 11.5 Å². The monoisotopic (exact) mass is 311 g/mol. The maximum Gasteiger partial charge on any atom is 0.328 e. The first-order valence-corrected chi connectivity index (χ1v) is 7.85. The van der Waals surface area contributed by atoms with Crippen molar-refractivity contribution in [1.29, 1.82) is 0 Å². The predicted molar refractivity (Wildman–Crippen MR) is 88.6 cm³/mol. The summed E-state index contributed by atoms with van der Waals surface area (Å²) < 4.78 is 10.7. The van der Waals surface area contributed by atoms with Gasteiger partial charge in [0.1, 0.15) is 17.5 Å². The fourth-order valence-corrected chi connectivity index (χ4v) is 2.87. The third-order valence-corrected chi connectivity index (χ3v) is 4.39. The van der Waals surface area contributed by atoms with Gasteiger partial charge in [-0.1, -0.05) is 30.3 Å². The van der Waals surface area contributed by atoms with Gasteiger partial charge in [0.25, 0.3) is 0 Å². The van der Waals surface area contributed by atoms with Crippen LogP contribution >= 0.6 is 0 Å². The number of esters is 1. The van der Waals surface area contributed by atoms with Gasteiger partial charge < -0.3 is 9.47 Å². The molecule has 1 fully saturated rings. The number of ether oxygens (including phenoxy) is 2. The van der Waals surface area contributed by atoms with Crippen molar-refractivity contribution in [2.24, 2.45) is 0 Å². The van der Waals surface area contributed by atoms with Crippen molar-refractivity contribution in [2.75, 3.05) is 13.7 Å². The normalized spacial score (nSPS) is 18.8. The molecule has 2 aromatic rings. The molecular weight excluding hydrogens is 290 g/mol. The highest BCUT2D eigenvalue weighted by Crippen LogP contribution is 2.31. The summed E-state index contributed by atoms with van der Waals surface area (Å²) in [7, 11) is 1.66. The summed E-state index contributed by atoms with van der Waals surface area (Å²) in [5, 5.41) is 0. The number of hydrogen-bond donors (Lipinski definition) is 0. The highest BCUT2D eigenvalue weighted by atomic mass is 16.5. The van der Waals surface area contributed by atoms with Gasteiger partial charge in [-0.15, -0.1) is 0 Å². The zero-order valence-electron chi connectivity index (χ0n) is 13.4. The molecule has 3 rings (SSSR count). The first kappa shape index (κ1) is 15.6. The highest BCUT2D eigenvalue weighted by Gasteiger charge is 2.38. The Kier molecular flexibility index (Phi) is 4.63. The van der Waals surface area contributed by atoms with Crippen LogP contribution in [0.25, 0.3) is 0 Å². The van der Waals surface area contributed by atoms with Gasteiger partial charge in [0, 0.05) is 12.6 Å². The molecule has 0 amide bonds. The molecule has 0 saturated carbocycles. The van der Waals surface area contributed by atoms with Crippen LogP contribution in [0.2, 0.25) is 0 Å². The Bertz CT molecular complexity index is 654. The van der Waals surface area contributed by atoms with E-state index in [1.54, 1.807) is 19.2 Å². The van der Waals surface area contributed by atoms with Gasteiger partial charge in [-0.3, -0.25) is 4.90 Å². The van der Waals surface area contributed by atoms with E-state index in [4.69, 9.17) is 9.47 Å². The Hall–Kier alpha value is -2.33. The lowest BCUT2D eigenvalue weighted by atomic mass is 9.96. The van der Waals surface area contributed by atoms with E-state index in [2.05, 4.69) is 11.8 Å². The summed E-state index contributed by atoms with van der Waals surface area (Å²) >= 11 is 0. The van der Waals surface area contributed by atoms with E-state index >= 15 is 0 Å². The number of benzene rings is 2. The first-order valence-electron chi connectivity index (χ1n) is 7.85. The second-order valence-electron chi connectivity index (χ2n) is 5.73. The molecule has 23 heavy (non-hydrogen) atoms. The minimum atomic E-state index is -0.178. The standard InChI is InChI=1S/C19H21NO3/c1-14(15-8-10-16(22-2)11-9-15)20-13-12-18(20)19(21)23-17-6-4-3-5-7-17/h3-11,14,18H,12-13H2,1-2H3. The molecule has 2 atom stereocenters. The Morgan fingerprint density at radius 2 is 1.78 bits per heavy atom. The van der Waals surface area contributed by atoms with Gasteiger partial charge in [-0.25, -0.2) is 4.79 Å². The number of carbonyl (C=O) groups is 1. The van der Waals surface area contributed by atoms with E-state index in [-0.39, 0.29) is 18.1 Å². The molecule has 2 unspecified atom stereocenters. The molecule has 0 radical (unpaired) electrons. The van der Waals surface area contributed by atoms with Gasteiger partial charge in [-0.05, 0) is 43.2 Å². The average Bonchev–Trinajstić information content (AvgIpc) is 2.54. The SMILES string of the molecule is COc1ccc(C(C)N2CCC2C(=O)Oc2ccccc2)cc1. The van der Waals surface area contributed by atoms with Gasteiger partial charge in [0.2, 0.25) is 0 Å². The largest absolute Gasteiger partial charge is 0.497 e. The summed E-state index contributed by atoms with van der Waals surface area (Å²) in [6, 6.07) is 17.2. The van der Waals surface area contributed by atoms with Crippen LogP contribution in [0.3, 0.4) is 0 Å². The predicted octanol–water partition coefficient (Wildman–Crippen LogP) is 3.44. The van der Waals surface area contributed by atoms with Crippen LogP contribution in [0.15, 0.2) is 54.6 Å². The lowest BCUT2D eigenvalue weighted by molar-refractivity contribution is -0.147. The molecule has 2 aromatic carbocycles. The number of para-hydroxylation sites is 1. The van der Waals surface area contributed by atoms with Gasteiger partial charge in [0.05, 0.1) is 7.11 Å². The van der Waals surface area contributed by atoms with E-state index in [0.717, 1.165) is 18.7 Å². The Balaban J connectivity index is 1.65. The summed E-state index contributed by atoms with van der Waals surface area (Å²) in [5.41, 5.74) is 1.17. The van der Waals surface area contributed by atoms with Crippen molar-refractivity contribution < 1.29 is 14.3 Å². The van der Waals surface area contributed by atoms with Crippen LogP contribution in [0, 0.1) is 0 Å². The molecule has 0 aliphatic carbocycles. The molecule has 4 heteroatoms. The lowest BCUT2D eigenvalue weighted by Crippen LogP contribution is -2.54. The number of likely N-dealkylation sites (tertiary alicyclic amines) is 1. The summed E-state index contributed by atoms with van der Waals surface area (Å²) in [6.45, 7) is 3.02. The third kappa shape index (κ3) is 3.37. The Morgan fingerprint density at radius 3 is 2.35 bits per heavy atom. The zero-order chi connectivity index (χ0) is 16.2. The number of nitrogens with zero attached hydrogens (tertiary/aromatic N) is 1. The Morgan fingerprint density at radius 1 is 1.09 bits per heavy atom. The topological polar surface area (TPSA) is 38.8 Å². The van der Waals surface area contributed by atoms with Crippen molar-refractivity contribution >= 4 is 5.97 Å². The van der Waals surface area contributed by atoms with E-state index in [9.17, 15) is 4.79 Å². The number of methoxy groups -OCH3 is 1. The third-order valence-electron chi connectivity index (χ3n) is 4.39. The van der Waals surface area contributed by atoms with Crippen molar-refractivity contribution in [2.45, 2.75) is 25.4 Å². The smallest absolute Gasteiger partial charge is 0.328 e. The maximum atomic E-state index is 12.4. The maximum absolute atomic E-state index is 12.4. The van der Waals surface area contributed by atoms with Crippen LogP contribution in [-0.4, -0.2) is 30.6 Å². The first-order chi connectivity index (χ1) is 11.2. The molecule has 120 valence electrons. The van der Waals surface area contributed by atoms with E-state index in [1.807, 2.05) is 42.5 Å². The van der Waals surface area contributed by atoms with Gasteiger partial charge in [-0.2, -0.15) is 0 Å². The fourth-order valence-electron chi connectivity index (χ4n) is 2.87. The van der Waals surface area contributed by atoms with Gasteiger partial charge >= 0.3 is 5.97 Å². The summed E-state index contributed by atoms with van der Waals surface area (Å²) in [6.07, 6.45) is 0.839. The molecule has 0 aromatic heterocycles. The van der Waals surface area contributed by atoms with E-state index < -0.39 is 0 Å². The van der Waals surface area contributed by atoms with Gasteiger partial charge in [0.15, 0.2) is 0 Å². The number of rotatable bonds is 5. The van der Waals surface area contributed by atoms with Crippen molar-refractivity contribution in [3.63, 3.8) is 0 Å². The molecule has 1 heterocycles. The van der Waals surface area contributed by atoms with Crippen LogP contribution < -0.4 is 9.47 Å². The minimum absolute atomic E-state index is 0.169. The average molecular weight is 311 g/mol. The van der Waals surface area contributed by atoms with Crippen molar-refractivity contribution in [1.82, 2.24) is 4.90 Å². The van der Waals surface area contributed by atoms with Crippen molar-refractivity contribution in [3.05, 3.63) is 60.2 Å². The Labute approximate surface area is 136 Å². The molecule has 1 saturated heterocycles. The minimum Gasteiger partial charge on any atom is -0.497 e. The summed E-state index contributed by atoms with van der Waals surface area (Å²) in [5.74, 6) is 1.26. The molecule has 1 aliphatic heterocycles. The van der Waals surface area contributed by atoms with Crippen LogP contribution in [0.1, 0.15) is 24.9 Å². The second-order valence-corrected chi connectivity index (χ2v) is 5.73. The quantitative estimate of drug-likeness (QED) is 0.626. The molecular formula is C19H21NO3. The van der Waals surface area contributed by atoms with E-state index in [0.29, 0.717) is 5.75 Å². The molecule has 0 N–H and O–H groups in total. The lowest BCUT2D eigenvalue weighted by Gasteiger charge is -2.43. The molecule has 4 nitrogen and oxygen atoms in total. The molecule has 0 spiro atoms. The highest BCUT2D eigenvalue weighted by molar-refractivity contribution is 5.79. The zero-order valence-corrected chi connectivity index (χ0v) is 13.4. The second kappa shape index (κ2) is 6.84. The molecule has 0 bridgehead atoms. The number of hydrogen-bond acceptors (Lipinski definition) is 4. The molecule has 1 aliphatic rings. The van der Waals surface area contributed by atoms with Crippen molar-refractivity contribution in [3.8, 4) is 11.5 Å². The van der Waals surface area contributed by atoms with Crippen LogP contribution in [0.4, 0.5) is 0 Å². The number of carbonyl (C=O) groups excluding carboxylic acids is 1. The fraction of sp³-hybridized carbons (Fsp3) is 0.316. The van der Waals surface area contributed by atoms with Crippen LogP contribution in [-0.2, 0) is 4.79 Å². The van der Waals surface area contributed by atoms with E-state index in [1.165, 1.54) is 5.56 Å².